The van der Waals surface area contributed by atoms with Crippen LogP contribution in [0, 0.1) is 18.3 Å². The summed E-state index contributed by atoms with van der Waals surface area (Å²) in [6.45, 7) is 5.00. The molecule has 0 amide bonds. The molecule has 0 saturated heterocycles. The molecule has 0 saturated carbocycles. The third kappa shape index (κ3) is 2.89. The van der Waals surface area contributed by atoms with Crippen LogP contribution in [-0.2, 0) is 0 Å². The molecule has 0 spiro atoms. The highest BCUT2D eigenvalue weighted by atomic mass is 16.3. The van der Waals surface area contributed by atoms with Gasteiger partial charge in [-0.25, -0.2) is 9.97 Å². The van der Waals surface area contributed by atoms with Gasteiger partial charge >= 0.3 is 0 Å². The van der Waals surface area contributed by atoms with E-state index >= 15 is 0 Å². The van der Waals surface area contributed by atoms with Crippen molar-refractivity contribution < 1.29 is 5.11 Å². The highest BCUT2D eigenvalue weighted by molar-refractivity contribution is 5.35. The van der Waals surface area contributed by atoms with Crippen LogP contribution in [0.1, 0.15) is 18.3 Å². The minimum absolute atomic E-state index is 0.0486. The van der Waals surface area contributed by atoms with Gasteiger partial charge in [0.05, 0.1) is 6.61 Å². The minimum atomic E-state index is 0.0486. The standard InChI is InChI=1S/C10H14N4O/c1-3-14(4-5-15)10-12-8(2)6-9(7-11)13-10/h6,15H,3-5H2,1-2H3. The van der Waals surface area contributed by atoms with Gasteiger partial charge in [-0.05, 0) is 19.9 Å². The van der Waals surface area contributed by atoms with E-state index in [0.717, 1.165) is 5.69 Å². The van der Waals surface area contributed by atoms with E-state index in [9.17, 15) is 0 Å². The quantitative estimate of drug-likeness (QED) is 0.775. The zero-order valence-electron chi connectivity index (χ0n) is 8.93. The first kappa shape index (κ1) is 11.4. The molecule has 0 unspecified atom stereocenters. The van der Waals surface area contributed by atoms with Gasteiger partial charge in [0.1, 0.15) is 11.8 Å². The van der Waals surface area contributed by atoms with Crippen LogP contribution in [0.3, 0.4) is 0 Å². The monoisotopic (exact) mass is 206 g/mol. The van der Waals surface area contributed by atoms with Gasteiger partial charge in [0.2, 0.25) is 5.95 Å². The number of nitrogens with zero attached hydrogens (tertiary/aromatic N) is 4. The normalized spacial score (nSPS) is 9.73. The average molecular weight is 206 g/mol. The summed E-state index contributed by atoms with van der Waals surface area (Å²) < 4.78 is 0. The number of aryl methyl sites for hydroxylation is 1. The van der Waals surface area contributed by atoms with Crippen molar-refractivity contribution in [1.82, 2.24) is 9.97 Å². The number of aliphatic hydroxyl groups is 1. The van der Waals surface area contributed by atoms with Gasteiger partial charge in [-0.15, -0.1) is 0 Å². The van der Waals surface area contributed by atoms with Crippen LogP contribution < -0.4 is 4.90 Å². The SMILES string of the molecule is CCN(CCO)c1nc(C)cc(C#N)n1. The van der Waals surface area contributed by atoms with E-state index in [1.165, 1.54) is 0 Å². The first-order valence-electron chi connectivity index (χ1n) is 4.82. The summed E-state index contributed by atoms with van der Waals surface area (Å²) in [5.41, 5.74) is 1.11. The Kier molecular flexibility index (Phi) is 4.01. The number of aromatic nitrogens is 2. The van der Waals surface area contributed by atoms with Crippen molar-refractivity contribution in [3.63, 3.8) is 0 Å². The maximum Gasteiger partial charge on any atom is 0.226 e. The van der Waals surface area contributed by atoms with E-state index in [2.05, 4.69) is 9.97 Å². The molecule has 0 radical (unpaired) electrons. The van der Waals surface area contributed by atoms with Crippen molar-refractivity contribution >= 4 is 5.95 Å². The Labute approximate surface area is 89.0 Å². The summed E-state index contributed by atoms with van der Waals surface area (Å²) in [6, 6.07) is 3.62. The second-order valence-electron chi connectivity index (χ2n) is 3.11. The molecular weight excluding hydrogens is 192 g/mol. The van der Waals surface area contributed by atoms with Crippen molar-refractivity contribution in [3.05, 3.63) is 17.5 Å². The Balaban J connectivity index is 3.02. The molecule has 5 nitrogen and oxygen atoms in total. The van der Waals surface area contributed by atoms with Gasteiger partial charge < -0.3 is 10.0 Å². The predicted molar refractivity (Wildman–Crippen MR) is 56.5 cm³/mol. The number of hydrogen-bond acceptors (Lipinski definition) is 5. The van der Waals surface area contributed by atoms with Crippen LogP contribution in [-0.4, -0.2) is 34.8 Å². The molecule has 0 aliphatic carbocycles. The Morgan fingerprint density at radius 2 is 2.27 bits per heavy atom. The van der Waals surface area contributed by atoms with Crippen LogP contribution in [0.15, 0.2) is 6.07 Å². The van der Waals surface area contributed by atoms with Crippen LogP contribution in [0.2, 0.25) is 0 Å². The first-order chi connectivity index (χ1) is 7.21. The predicted octanol–water partition coefficient (Wildman–Crippen LogP) is 0.475. The molecule has 0 aliphatic heterocycles. The molecule has 80 valence electrons. The molecule has 1 aromatic rings. The first-order valence-corrected chi connectivity index (χ1v) is 4.82. The summed E-state index contributed by atoms with van der Waals surface area (Å²) in [7, 11) is 0. The van der Waals surface area contributed by atoms with Crippen molar-refractivity contribution in [2.45, 2.75) is 13.8 Å². The van der Waals surface area contributed by atoms with Gasteiger partial charge in [0.25, 0.3) is 0 Å². The lowest BCUT2D eigenvalue weighted by molar-refractivity contribution is 0.301. The van der Waals surface area contributed by atoms with E-state index in [1.807, 2.05) is 24.8 Å². The summed E-state index contributed by atoms with van der Waals surface area (Å²) in [5.74, 6) is 0.503. The molecule has 0 atom stereocenters. The van der Waals surface area contributed by atoms with Gasteiger partial charge in [-0.1, -0.05) is 0 Å². The van der Waals surface area contributed by atoms with E-state index in [1.54, 1.807) is 6.07 Å². The topological polar surface area (TPSA) is 73.0 Å². The lowest BCUT2D eigenvalue weighted by atomic mass is 10.3. The molecule has 0 bridgehead atoms. The molecule has 1 N–H and O–H groups in total. The molecule has 1 rings (SSSR count). The van der Waals surface area contributed by atoms with Crippen LogP contribution >= 0.6 is 0 Å². The van der Waals surface area contributed by atoms with Crippen molar-refractivity contribution in [1.29, 1.82) is 5.26 Å². The Morgan fingerprint density at radius 1 is 1.53 bits per heavy atom. The van der Waals surface area contributed by atoms with Crippen molar-refractivity contribution in [2.24, 2.45) is 0 Å². The molecule has 15 heavy (non-hydrogen) atoms. The number of likely N-dealkylation sites (N-methyl/N-ethyl adjacent to an activating group) is 1. The number of hydrogen-bond donors (Lipinski definition) is 1. The molecule has 0 aliphatic rings. The van der Waals surface area contributed by atoms with Crippen LogP contribution in [0.5, 0.6) is 0 Å². The Hall–Kier alpha value is -1.67. The summed E-state index contributed by atoms with van der Waals surface area (Å²) in [5, 5.41) is 17.6. The van der Waals surface area contributed by atoms with Crippen LogP contribution in [0.4, 0.5) is 5.95 Å². The third-order valence-corrected chi connectivity index (χ3v) is 1.99. The van der Waals surface area contributed by atoms with Gasteiger partial charge in [0, 0.05) is 18.8 Å². The van der Waals surface area contributed by atoms with Crippen LogP contribution in [0.25, 0.3) is 0 Å². The van der Waals surface area contributed by atoms with E-state index in [-0.39, 0.29) is 6.61 Å². The summed E-state index contributed by atoms with van der Waals surface area (Å²) >= 11 is 0. The molecule has 5 heteroatoms. The smallest absolute Gasteiger partial charge is 0.226 e. The highest BCUT2D eigenvalue weighted by Gasteiger charge is 2.08. The Bertz CT molecular complexity index is 372. The van der Waals surface area contributed by atoms with Gasteiger partial charge in [0.15, 0.2) is 0 Å². The lowest BCUT2D eigenvalue weighted by Gasteiger charge is -2.19. The second kappa shape index (κ2) is 5.27. The molecule has 1 aromatic heterocycles. The fourth-order valence-corrected chi connectivity index (χ4v) is 1.27. The number of anilines is 1. The maximum absolute atomic E-state index is 8.86. The van der Waals surface area contributed by atoms with Crippen molar-refractivity contribution in [2.75, 3.05) is 24.6 Å². The zero-order valence-corrected chi connectivity index (χ0v) is 8.93. The van der Waals surface area contributed by atoms with E-state index in [0.29, 0.717) is 24.7 Å². The van der Waals surface area contributed by atoms with Crippen molar-refractivity contribution in [3.8, 4) is 6.07 Å². The number of rotatable bonds is 4. The molecule has 1 heterocycles. The number of nitriles is 1. The second-order valence-corrected chi connectivity index (χ2v) is 3.11. The summed E-state index contributed by atoms with van der Waals surface area (Å²) in [4.78, 5) is 10.1. The third-order valence-electron chi connectivity index (χ3n) is 1.99. The highest BCUT2D eigenvalue weighted by Crippen LogP contribution is 2.09. The molecular formula is C10H14N4O. The van der Waals surface area contributed by atoms with E-state index in [4.69, 9.17) is 10.4 Å². The fraction of sp³-hybridized carbons (Fsp3) is 0.500. The molecule has 0 fully saturated rings. The minimum Gasteiger partial charge on any atom is -0.395 e. The van der Waals surface area contributed by atoms with Gasteiger partial charge in [-0.2, -0.15) is 5.26 Å². The zero-order chi connectivity index (χ0) is 11.3. The molecule has 0 aromatic carbocycles. The van der Waals surface area contributed by atoms with E-state index < -0.39 is 0 Å². The maximum atomic E-state index is 8.86. The average Bonchev–Trinajstić information content (AvgIpc) is 2.24. The fourth-order valence-electron chi connectivity index (χ4n) is 1.27. The summed E-state index contributed by atoms with van der Waals surface area (Å²) in [6.07, 6.45) is 0. The largest absolute Gasteiger partial charge is 0.395 e. The number of aliphatic hydroxyl groups excluding tert-OH is 1. The van der Waals surface area contributed by atoms with Gasteiger partial charge in [-0.3, -0.25) is 0 Å². The lowest BCUT2D eigenvalue weighted by Crippen LogP contribution is -2.28. The Morgan fingerprint density at radius 3 is 2.80 bits per heavy atom.